The number of thiazole rings is 1. The summed E-state index contributed by atoms with van der Waals surface area (Å²) in [6.45, 7) is 3.76. The lowest BCUT2D eigenvalue weighted by Crippen LogP contribution is -2.52. The van der Waals surface area contributed by atoms with Gasteiger partial charge in [0.2, 0.25) is 0 Å². The highest BCUT2D eigenvalue weighted by Gasteiger charge is 2.21. The Morgan fingerprint density at radius 1 is 1.26 bits per heavy atom. The molecular formula is C18H22FIN6S. The van der Waals surface area contributed by atoms with Gasteiger partial charge in [-0.3, -0.25) is 9.39 Å². The van der Waals surface area contributed by atoms with Crippen molar-refractivity contribution >= 4 is 51.9 Å². The third kappa shape index (κ3) is 4.34. The molecule has 3 aromatic rings. The summed E-state index contributed by atoms with van der Waals surface area (Å²) in [5, 5.41) is 5.41. The molecule has 1 aliphatic rings. The number of benzene rings is 1. The van der Waals surface area contributed by atoms with Gasteiger partial charge in [-0.15, -0.1) is 35.3 Å². The molecular weight excluding hydrogens is 478 g/mol. The maximum Gasteiger partial charge on any atom is 0.194 e. The minimum absolute atomic E-state index is 0. The monoisotopic (exact) mass is 500 g/mol. The number of piperazine rings is 1. The summed E-state index contributed by atoms with van der Waals surface area (Å²) in [5.41, 5.74) is 1.66. The molecule has 3 heterocycles. The van der Waals surface area contributed by atoms with Crippen LogP contribution in [-0.2, 0) is 6.54 Å². The van der Waals surface area contributed by atoms with E-state index in [4.69, 9.17) is 0 Å². The Morgan fingerprint density at radius 2 is 2.04 bits per heavy atom. The predicted octanol–water partition coefficient (Wildman–Crippen LogP) is 3.05. The van der Waals surface area contributed by atoms with E-state index in [1.807, 2.05) is 34.3 Å². The van der Waals surface area contributed by atoms with Gasteiger partial charge in [0.25, 0.3) is 0 Å². The lowest BCUT2D eigenvalue weighted by atomic mass is 10.2. The van der Waals surface area contributed by atoms with E-state index in [9.17, 15) is 4.39 Å². The van der Waals surface area contributed by atoms with Crippen molar-refractivity contribution < 1.29 is 4.39 Å². The molecule has 6 nitrogen and oxygen atoms in total. The molecule has 0 aliphatic carbocycles. The van der Waals surface area contributed by atoms with Crippen LogP contribution in [0.3, 0.4) is 0 Å². The first-order valence-electron chi connectivity index (χ1n) is 8.61. The molecule has 1 aromatic carbocycles. The van der Waals surface area contributed by atoms with E-state index < -0.39 is 0 Å². The molecule has 0 amide bonds. The molecule has 144 valence electrons. The molecule has 2 aromatic heterocycles. The minimum atomic E-state index is -0.164. The molecule has 1 N–H and O–H groups in total. The van der Waals surface area contributed by atoms with E-state index in [0.29, 0.717) is 12.2 Å². The molecule has 0 bridgehead atoms. The Labute approximate surface area is 178 Å². The number of halogens is 2. The highest BCUT2D eigenvalue weighted by Crippen LogP contribution is 2.20. The number of hydrogen-bond donors (Lipinski definition) is 1. The van der Waals surface area contributed by atoms with Crippen LogP contribution in [0.5, 0.6) is 0 Å². The first-order valence-corrected chi connectivity index (χ1v) is 9.49. The number of anilines is 1. The maximum absolute atomic E-state index is 14.0. The molecule has 27 heavy (non-hydrogen) atoms. The van der Waals surface area contributed by atoms with Crippen LogP contribution in [0.1, 0.15) is 5.69 Å². The fourth-order valence-electron chi connectivity index (χ4n) is 3.23. The number of hydrogen-bond acceptors (Lipinski definition) is 4. The number of rotatable bonds is 3. The number of para-hydroxylation sites is 1. The Hall–Kier alpha value is -1.88. The lowest BCUT2D eigenvalue weighted by molar-refractivity contribution is 0.370. The summed E-state index contributed by atoms with van der Waals surface area (Å²) in [6, 6.07) is 6.95. The molecule has 1 saturated heterocycles. The second kappa shape index (κ2) is 8.87. The minimum Gasteiger partial charge on any atom is -0.366 e. The topological polar surface area (TPSA) is 48.2 Å². The average Bonchev–Trinajstić information content (AvgIpc) is 3.25. The summed E-state index contributed by atoms with van der Waals surface area (Å²) < 4.78 is 16.0. The van der Waals surface area contributed by atoms with Gasteiger partial charge in [-0.1, -0.05) is 12.1 Å². The summed E-state index contributed by atoms with van der Waals surface area (Å²) in [6.07, 6.45) is 4.04. The molecule has 9 heteroatoms. The van der Waals surface area contributed by atoms with Crippen LogP contribution in [0.25, 0.3) is 4.96 Å². The third-order valence-corrected chi connectivity index (χ3v) is 5.33. The smallest absolute Gasteiger partial charge is 0.194 e. The quantitative estimate of drug-likeness (QED) is 0.341. The zero-order valence-electron chi connectivity index (χ0n) is 15.0. The van der Waals surface area contributed by atoms with Gasteiger partial charge in [0.15, 0.2) is 10.9 Å². The lowest BCUT2D eigenvalue weighted by Gasteiger charge is -2.37. The zero-order chi connectivity index (χ0) is 17.9. The molecule has 1 fully saturated rings. The van der Waals surface area contributed by atoms with Gasteiger partial charge in [0, 0.05) is 51.0 Å². The molecule has 0 spiro atoms. The van der Waals surface area contributed by atoms with Crippen molar-refractivity contribution in [3.8, 4) is 0 Å². The van der Waals surface area contributed by atoms with Crippen molar-refractivity contribution in [3.63, 3.8) is 0 Å². The first kappa shape index (κ1) is 19.9. The Kier molecular flexibility index (Phi) is 6.53. The van der Waals surface area contributed by atoms with Crippen molar-refractivity contribution in [1.29, 1.82) is 0 Å². The van der Waals surface area contributed by atoms with Crippen molar-refractivity contribution in [2.75, 3.05) is 38.1 Å². The summed E-state index contributed by atoms with van der Waals surface area (Å²) in [4.78, 5) is 14.3. The van der Waals surface area contributed by atoms with E-state index in [2.05, 4.69) is 25.1 Å². The van der Waals surface area contributed by atoms with Crippen molar-refractivity contribution in [3.05, 3.63) is 53.6 Å². The first-order chi connectivity index (χ1) is 12.7. The van der Waals surface area contributed by atoms with Gasteiger partial charge in [-0.25, -0.2) is 9.37 Å². The molecule has 0 saturated carbocycles. The predicted molar refractivity (Wildman–Crippen MR) is 119 cm³/mol. The molecule has 0 radical (unpaired) electrons. The van der Waals surface area contributed by atoms with E-state index in [1.54, 1.807) is 24.5 Å². The Balaban J connectivity index is 0.00000210. The van der Waals surface area contributed by atoms with Crippen LogP contribution < -0.4 is 10.2 Å². The zero-order valence-corrected chi connectivity index (χ0v) is 18.2. The Morgan fingerprint density at radius 3 is 2.74 bits per heavy atom. The van der Waals surface area contributed by atoms with Crippen LogP contribution in [0, 0.1) is 5.82 Å². The maximum atomic E-state index is 14.0. The second-order valence-electron chi connectivity index (χ2n) is 6.15. The van der Waals surface area contributed by atoms with E-state index >= 15 is 0 Å². The number of guanidine groups is 1. The highest BCUT2D eigenvalue weighted by atomic mass is 127. The van der Waals surface area contributed by atoms with E-state index in [0.717, 1.165) is 42.8 Å². The number of nitrogens with zero attached hydrogens (tertiary/aromatic N) is 5. The van der Waals surface area contributed by atoms with E-state index in [-0.39, 0.29) is 29.8 Å². The van der Waals surface area contributed by atoms with Crippen LogP contribution >= 0.6 is 35.3 Å². The summed E-state index contributed by atoms with van der Waals surface area (Å²) in [7, 11) is 1.79. The van der Waals surface area contributed by atoms with Gasteiger partial charge >= 0.3 is 0 Å². The third-order valence-electron chi connectivity index (χ3n) is 4.55. The largest absolute Gasteiger partial charge is 0.366 e. The van der Waals surface area contributed by atoms with Crippen LogP contribution in [-0.4, -0.2) is 53.5 Å². The normalized spacial score (nSPS) is 15.1. The van der Waals surface area contributed by atoms with Crippen molar-refractivity contribution in [2.24, 2.45) is 4.99 Å². The second-order valence-corrected chi connectivity index (χ2v) is 7.02. The molecule has 0 unspecified atom stereocenters. The summed E-state index contributed by atoms with van der Waals surface area (Å²) in [5.74, 6) is 0.692. The fraction of sp³-hybridized carbons (Fsp3) is 0.333. The fourth-order valence-corrected chi connectivity index (χ4v) is 3.95. The standard InChI is InChI=1S/C18H21FN6S.HI/c1-20-17(21-12-14-13-25-10-11-26-18(25)22-14)24-8-6-23(7-9-24)16-5-3-2-4-15(16)19;/h2-5,10-11,13H,6-9,12H2,1H3,(H,20,21);1H. The SMILES string of the molecule is CN=C(NCc1cn2ccsc2n1)N1CCN(c2ccccc2F)CC1.I. The van der Waals surface area contributed by atoms with E-state index in [1.165, 1.54) is 6.07 Å². The van der Waals surface area contributed by atoms with Gasteiger partial charge in [0.1, 0.15) is 5.82 Å². The molecule has 1 aliphatic heterocycles. The Bertz CT molecular complexity index is 887. The van der Waals surface area contributed by atoms with Gasteiger partial charge in [-0.2, -0.15) is 0 Å². The van der Waals surface area contributed by atoms with Gasteiger partial charge < -0.3 is 15.1 Å². The van der Waals surface area contributed by atoms with Crippen LogP contribution in [0.2, 0.25) is 0 Å². The summed E-state index contributed by atoms with van der Waals surface area (Å²) >= 11 is 1.62. The van der Waals surface area contributed by atoms with Crippen LogP contribution in [0.4, 0.5) is 10.1 Å². The van der Waals surface area contributed by atoms with Gasteiger partial charge in [0.05, 0.1) is 17.9 Å². The van der Waals surface area contributed by atoms with Crippen LogP contribution in [0.15, 0.2) is 47.0 Å². The molecule has 0 atom stereocenters. The number of aliphatic imine (C=N–C) groups is 1. The van der Waals surface area contributed by atoms with Gasteiger partial charge in [-0.05, 0) is 12.1 Å². The molecule has 4 rings (SSSR count). The number of nitrogens with one attached hydrogen (secondary N) is 1. The number of fused-ring (bicyclic) bond motifs is 1. The number of imidazole rings is 1. The average molecular weight is 500 g/mol. The van der Waals surface area contributed by atoms with Crippen molar-refractivity contribution in [1.82, 2.24) is 19.6 Å². The number of aromatic nitrogens is 2. The highest BCUT2D eigenvalue weighted by molar-refractivity contribution is 14.0. The van der Waals surface area contributed by atoms with Crippen molar-refractivity contribution in [2.45, 2.75) is 6.54 Å².